The van der Waals surface area contributed by atoms with Crippen LogP contribution in [0, 0.1) is 19.8 Å². The number of carbonyl (C=O) groups is 1. The molecule has 31 heavy (non-hydrogen) atoms. The van der Waals surface area contributed by atoms with Crippen molar-refractivity contribution in [2.75, 3.05) is 13.1 Å². The van der Waals surface area contributed by atoms with Gasteiger partial charge < -0.3 is 9.47 Å². The van der Waals surface area contributed by atoms with Crippen LogP contribution in [0.1, 0.15) is 23.5 Å². The minimum Gasteiger partial charge on any atom is -0.341 e. The fraction of sp³-hybridized carbons (Fsp3) is 0.429. The smallest absolute Gasteiger partial charge is 0.341 e. The first-order valence-electron chi connectivity index (χ1n) is 10.0. The van der Waals surface area contributed by atoms with Gasteiger partial charge in [-0.3, -0.25) is 14.5 Å². The number of hydrogen-bond acceptors (Lipinski definition) is 4. The number of likely N-dealkylation sites (tertiary alicyclic amines) is 1. The molecule has 0 aromatic carbocycles. The number of aromatic nitrogens is 5. The van der Waals surface area contributed by atoms with Crippen LogP contribution < -0.4 is 0 Å². The summed E-state index contributed by atoms with van der Waals surface area (Å²) in [5, 5.41) is 3.55. The second kappa shape index (κ2) is 8.16. The maximum Gasteiger partial charge on any atom is 0.435 e. The van der Waals surface area contributed by atoms with Crippen LogP contribution in [-0.4, -0.2) is 48.2 Å². The van der Waals surface area contributed by atoms with Crippen LogP contribution in [0.4, 0.5) is 13.2 Å². The van der Waals surface area contributed by atoms with Crippen LogP contribution in [0.25, 0.3) is 11.4 Å². The zero-order valence-electron chi connectivity index (χ0n) is 17.3. The number of pyridine rings is 1. The summed E-state index contributed by atoms with van der Waals surface area (Å²) in [6.45, 7) is 5.15. The molecule has 1 saturated heterocycles. The molecule has 1 aliphatic heterocycles. The van der Waals surface area contributed by atoms with Gasteiger partial charge in [-0.2, -0.15) is 18.3 Å². The summed E-state index contributed by atoms with van der Waals surface area (Å²) >= 11 is 0. The molecule has 0 bridgehead atoms. The number of amides is 1. The van der Waals surface area contributed by atoms with E-state index in [4.69, 9.17) is 0 Å². The molecule has 1 fully saturated rings. The SMILES string of the molecule is Cc1cc(C(F)(F)F)nn1CC(=O)N1CCC(Cn2c(C)cnc2-c2cccnc2)C1. The molecule has 1 aliphatic rings. The third-order valence-electron chi connectivity index (χ3n) is 5.61. The molecule has 0 aliphatic carbocycles. The Labute approximate surface area is 177 Å². The largest absolute Gasteiger partial charge is 0.435 e. The molecule has 7 nitrogen and oxygen atoms in total. The average Bonchev–Trinajstić information content (AvgIpc) is 3.43. The lowest BCUT2D eigenvalue weighted by Gasteiger charge is -2.18. The summed E-state index contributed by atoms with van der Waals surface area (Å²) in [5.74, 6) is 0.844. The molecular weight excluding hydrogens is 409 g/mol. The lowest BCUT2D eigenvalue weighted by Crippen LogP contribution is -2.33. The molecule has 4 heterocycles. The number of hydrogen-bond donors (Lipinski definition) is 0. The Bertz CT molecular complexity index is 1070. The normalized spacial score (nSPS) is 16.8. The third-order valence-corrected chi connectivity index (χ3v) is 5.61. The average molecular weight is 432 g/mol. The van der Waals surface area contributed by atoms with Crippen LogP contribution >= 0.6 is 0 Å². The number of rotatable bonds is 5. The van der Waals surface area contributed by atoms with Crippen molar-refractivity contribution >= 4 is 5.91 Å². The first-order valence-corrected chi connectivity index (χ1v) is 10.0. The van der Waals surface area contributed by atoms with Gasteiger partial charge in [-0.05, 0) is 44.4 Å². The molecule has 1 amide bonds. The van der Waals surface area contributed by atoms with Crippen molar-refractivity contribution in [2.45, 2.75) is 39.5 Å². The second-order valence-corrected chi connectivity index (χ2v) is 7.90. The summed E-state index contributed by atoms with van der Waals surface area (Å²) in [7, 11) is 0. The Balaban J connectivity index is 1.41. The number of imidazole rings is 1. The van der Waals surface area contributed by atoms with Gasteiger partial charge in [0.1, 0.15) is 12.4 Å². The molecule has 10 heteroatoms. The van der Waals surface area contributed by atoms with Crippen LogP contribution in [0.3, 0.4) is 0 Å². The summed E-state index contributed by atoms with van der Waals surface area (Å²) in [4.78, 5) is 23.1. The lowest BCUT2D eigenvalue weighted by atomic mass is 10.1. The van der Waals surface area contributed by atoms with Gasteiger partial charge in [0.15, 0.2) is 5.69 Å². The first kappa shape index (κ1) is 21.1. The maximum atomic E-state index is 12.9. The van der Waals surface area contributed by atoms with Crippen molar-refractivity contribution in [3.8, 4) is 11.4 Å². The van der Waals surface area contributed by atoms with E-state index in [1.807, 2.05) is 25.3 Å². The summed E-state index contributed by atoms with van der Waals surface area (Å²) in [6, 6.07) is 4.78. The molecule has 0 saturated carbocycles. The van der Waals surface area contributed by atoms with Gasteiger partial charge in [0.05, 0.1) is 0 Å². The number of aryl methyl sites for hydroxylation is 2. The van der Waals surface area contributed by atoms with Gasteiger partial charge in [-0.15, -0.1) is 0 Å². The van der Waals surface area contributed by atoms with Crippen molar-refractivity contribution in [3.05, 3.63) is 53.9 Å². The van der Waals surface area contributed by atoms with Gasteiger partial charge in [0.25, 0.3) is 0 Å². The fourth-order valence-electron chi connectivity index (χ4n) is 3.92. The van der Waals surface area contributed by atoms with Crippen molar-refractivity contribution < 1.29 is 18.0 Å². The van der Waals surface area contributed by atoms with Crippen molar-refractivity contribution in [1.82, 2.24) is 29.2 Å². The monoisotopic (exact) mass is 432 g/mol. The first-order chi connectivity index (χ1) is 14.7. The number of nitrogens with zero attached hydrogens (tertiary/aromatic N) is 6. The van der Waals surface area contributed by atoms with E-state index in [2.05, 4.69) is 19.6 Å². The Morgan fingerprint density at radius 2 is 2.03 bits per heavy atom. The minimum absolute atomic E-state index is 0.195. The van der Waals surface area contributed by atoms with Gasteiger partial charge in [0.2, 0.25) is 5.91 Å². The molecule has 164 valence electrons. The van der Waals surface area contributed by atoms with Gasteiger partial charge >= 0.3 is 6.18 Å². The van der Waals surface area contributed by atoms with E-state index in [9.17, 15) is 18.0 Å². The lowest BCUT2D eigenvalue weighted by molar-refractivity contribution is -0.142. The molecule has 4 rings (SSSR count). The second-order valence-electron chi connectivity index (χ2n) is 7.90. The molecule has 0 spiro atoms. The van der Waals surface area contributed by atoms with E-state index in [-0.39, 0.29) is 18.4 Å². The van der Waals surface area contributed by atoms with E-state index in [1.54, 1.807) is 17.3 Å². The van der Waals surface area contributed by atoms with Crippen molar-refractivity contribution in [2.24, 2.45) is 5.92 Å². The highest BCUT2D eigenvalue weighted by Crippen LogP contribution is 2.29. The highest BCUT2D eigenvalue weighted by atomic mass is 19.4. The topological polar surface area (TPSA) is 68.8 Å². The van der Waals surface area contributed by atoms with Crippen LogP contribution in [0.2, 0.25) is 0 Å². The van der Waals surface area contributed by atoms with Crippen LogP contribution in [0.5, 0.6) is 0 Å². The van der Waals surface area contributed by atoms with E-state index >= 15 is 0 Å². The zero-order valence-corrected chi connectivity index (χ0v) is 17.3. The van der Waals surface area contributed by atoms with Gasteiger partial charge in [0, 0.05) is 55.2 Å². The van der Waals surface area contributed by atoms with E-state index in [0.717, 1.165) is 34.3 Å². The Morgan fingerprint density at radius 1 is 1.23 bits per heavy atom. The van der Waals surface area contributed by atoms with E-state index in [0.29, 0.717) is 25.3 Å². The quantitative estimate of drug-likeness (QED) is 0.620. The summed E-state index contributed by atoms with van der Waals surface area (Å²) < 4.78 is 41.8. The maximum absolute atomic E-state index is 12.9. The molecule has 1 unspecified atom stereocenters. The van der Waals surface area contributed by atoms with Crippen molar-refractivity contribution in [1.29, 1.82) is 0 Å². The highest BCUT2D eigenvalue weighted by Gasteiger charge is 2.35. The highest BCUT2D eigenvalue weighted by molar-refractivity contribution is 5.76. The molecule has 3 aromatic rings. The standard InChI is InChI=1S/C21H23F3N6O/c1-14-8-18(21(22,23)24)27-30(14)13-19(31)28-7-5-16(11-28)12-29-15(2)9-26-20(29)17-4-3-6-25-10-17/h3-4,6,8-10,16H,5,7,11-13H2,1-2H3. The van der Waals surface area contributed by atoms with E-state index in [1.165, 1.54) is 6.92 Å². The molecular formula is C21H23F3N6O. The Kier molecular flexibility index (Phi) is 5.55. The summed E-state index contributed by atoms with van der Waals surface area (Å²) in [5.41, 5.74) is 1.29. The van der Waals surface area contributed by atoms with Crippen LogP contribution in [-0.2, 0) is 24.1 Å². The number of halogens is 3. The minimum atomic E-state index is -4.52. The fourth-order valence-corrected chi connectivity index (χ4v) is 3.92. The zero-order chi connectivity index (χ0) is 22.2. The molecule has 0 N–H and O–H groups in total. The number of carbonyl (C=O) groups excluding carboxylic acids is 1. The molecule has 1 atom stereocenters. The molecule has 0 radical (unpaired) electrons. The molecule has 3 aromatic heterocycles. The van der Waals surface area contributed by atoms with Gasteiger partial charge in [-0.1, -0.05) is 0 Å². The predicted molar refractivity (Wildman–Crippen MR) is 107 cm³/mol. The predicted octanol–water partition coefficient (Wildman–Crippen LogP) is 3.33. The van der Waals surface area contributed by atoms with Crippen molar-refractivity contribution in [3.63, 3.8) is 0 Å². The Morgan fingerprint density at radius 3 is 2.71 bits per heavy atom. The van der Waals surface area contributed by atoms with Gasteiger partial charge in [-0.25, -0.2) is 4.98 Å². The third kappa shape index (κ3) is 4.47. The van der Waals surface area contributed by atoms with Crippen LogP contribution in [0.15, 0.2) is 36.8 Å². The number of alkyl halides is 3. The van der Waals surface area contributed by atoms with E-state index < -0.39 is 11.9 Å². The Hall–Kier alpha value is -3.17. The summed E-state index contributed by atoms with van der Waals surface area (Å²) in [6.07, 6.45) is 1.60.